The first-order valence-electron chi connectivity index (χ1n) is 18.2. The molecule has 0 radical (unpaired) electrons. The summed E-state index contributed by atoms with van der Waals surface area (Å²) in [5, 5.41) is 60.2. The Morgan fingerprint density at radius 3 is 2.00 bits per heavy atom. The Labute approximate surface area is 290 Å². The molecule has 0 aliphatic heterocycles. The van der Waals surface area contributed by atoms with Gasteiger partial charge in [-0.1, -0.05) is 97.0 Å². The summed E-state index contributed by atoms with van der Waals surface area (Å²) in [5.74, 6) is -7.24. The minimum Gasteiger partial charge on any atom is -0.510 e. The number of nitrogens with two attached hydrogens (primary N) is 1. The number of ketones is 2. The molecule has 11 heteroatoms. The number of unbranched alkanes of at least 4 members (excludes halogenated alkanes) is 12. The van der Waals surface area contributed by atoms with Gasteiger partial charge >= 0.3 is 0 Å². The van der Waals surface area contributed by atoms with E-state index in [0.717, 1.165) is 19.3 Å². The van der Waals surface area contributed by atoms with Crippen LogP contribution < -0.4 is 11.1 Å². The Kier molecular flexibility index (Phi) is 13.1. The second-order valence-electron chi connectivity index (χ2n) is 14.5. The highest BCUT2D eigenvalue weighted by Gasteiger charge is 2.66. The average molecular weight is 684 g/mol. The van der Waals surface area contributed by atoms with E-state index in [-0.39, 0.29) is 34.7 Å². The highest BCUT2D eigenvalue weighted by Crippen LogP contribution is 2.56. The van der Waals surface area contributed by atoms with Crippen LogP contribution in [0.1, 0.15) is 126 Å². The number of aromatic hydroxyl groups is 1. The molecule has 0 saturated carbocycles. The molecule has 11 nitrogen and oxygen atoms in total. The SMILES string of the molecule is CCCCCCCCCCCCCCCC(=O)Nc1ccc2c(c1O)C(=O)C1=C(O)[C@]3(O)C(=O)C(CN)=C(O)[C@@H](N(C)C)C3[C@@H](O)C1[C@H]2C. The number of likely N-dealkylation sites (N-methyl/N-ethyl adjacent to an activating group) is 1. The number of nitrogens with zero attached hydrogens (tertiary/aromatic N) is 1. The molecular weight excluding hydrogens is 626 g/mol. The van der Waals surface area contributed by atoms with E-state index in [1.165, 1.54) is 68.8 Å². The maximum absolute atomic E-state index is 14.1. The maximum Gasteiger partial charge on any atom is 0.224 e. The van der Waals surface area contributed by atoms with Crippen LogP contribution in [0.15, 0.2) is 34.8 Å². The Balaban J connectivity index is 1.43. The lowest BCUT2D eigenvalue weighted by Gasteiger charge is -2.53. The first-order valence-corrected chi connectivity index (χ1v) is 18.2. The molecule has 0 heterocycles. The van der Waals surface area contributed by atoms with Gasteiger partial charge in [0.05, 0.1) is 34.9 Å². The number of carbonyl (C=O) groups excluding carboxylic acids is 3. The number of hydrogen-bond donors (Lipinski definition) is 7. The van der Waals surface area contributed by atoms with Gasteiger partial charge in [0.1, 0.15) is 11.5 Å². The summed E-state index contributed by atoms with van der Waals surface area (Å²) in [4.78, 5) is 41.9. The van der Waals surface area contributed by atoms with Gasteiger partial charge in [0.15, 0.2) is 17.1 Å². The molecular formula is C38H57N3O8. The van der Waals surface area contributed by atoms with Crippen molar-refractivity contribution in [3.8, 4) is 5.75 Å². The number of fused-ring (bicyclic) bond motifs is 3. The number of aliphatic hydroxyl groups is 4. The third-order valence-electron chi connectivity index (χ3n) is 11.0. The molecule has 2 unspecified atom stereocenters. The summed E-state index contributed by atoms with van der Waals surface area (Å²) < 4.78 is 0. The first kappa shape index (κ1) is 38.6. The molecule has 3 aliphatic carbocycles. The van der Waals surface area contributed by atoms with Crippen molar-refractivity contribution in [2.45, 2.75) is 127 Å². The molecule has 1 aromatic carbocycles. The van der Waals surface area contributed by atoms with Crippen molar-refractivity contribution in [3.05, 3.63) is 45.9 Å². The third-order valence-corrected chi connectivity index (χ3v) is 11.0. The Hall–Kier alpha value is -3.25. The minimum atomic E-state index is -2.75. The van der Waals surface area contributed by atoms with Crippen LogP contribution >= 0.6 is 0 Å². The van der Waals surface area contributed by atoms with Crippen molar-refractivity contribution in [2.75, 3.05) is 26.0 Å². The molecule has 0 saturated heterocycles. The zero-order chi connectivity index (χ0) is 36.0. The zero-order valence-electron chi connectivity index (χ0n) is 29.6. The number of benzene rings is 1. The van der Waals surface area contributed by atoms with Crippen LogP contribution in [0.3, 0.4) is 0 Å². The number of phenolic OH excluding ortho intramolecular Hbond substituents is 1. The molecule has 8 N–H and O–H groups in total. The quantitative estimate of drug-likeness (QED) is 0.0809. The summed E-state index contributed by atoms with van der Waals surface area (Å²) in [6.07, 6.45) is 14.2. The fourth-order valence-corrected chi connectivity index (χ4v) is 8.27. The van der Waals surface area contributed by atoms with Gasteiger partial charge in [-0.25, -0.2) is 0 Å². The summed E-state index contributed by atoms with van der Waals surface area (Å²) in [7, 11) is 3.18. The molecule has 272 valence electrons. The number of amides is 1. The number of Topliss-reactive ketones (excluding diaryl/α,β-unsaturated/α-hetero) is 2. The molecule has 0 spiro atoms. The number of nitrogens with one attached hydrogen (secondary N) is 1. The van der Waals surface area contributed by atoms with Crippen LogP contribution in [0.25, 0.3) is 0 Å². The Morgan fingerprint density at radius 2 is 1.47 bits per heavy atom. The van der Waals surface area contributed by atoms with E-state index in [4.69, 9.17) is 5.73 Å². The maximum atomic E-state index is 14.1. The smallest absolute Gasteiger partial charge is 0.224 e. The molecule has 0 bridgehead atoms. The van der Waals surface area contributed by atoms with E-state index in [2.05, 4.69) is 12.2 Å². The molecule has 3 aliphatic rings. The second-order valence-corrected chi connectivity index (χ2v) is 14.5. The summed E-state index contributed by atoms with van der Waals surface area (Å²) in [6.45, 7) is 3.50. The van der Waals surface area contributed by atoms with E-state index < -0.39 is 70.9 Å². The average Bonchev–Trinajstić information content (AvgIpc) is 3.06. The van der Waals surface area contributed by atoms with Crippen LogP contribution in [0.5, 0.6) is 5.75 Å². The molecule has 6 atom stereocenters. The van der Waals surface area contributed by atoms with Gasteiger partial charge in [-0.05, 0) is 38.1 Å². The van der Waals surface area contributed by atoms with Gasteiger partial charge in [-0.15, -0.1) is 0 Å². The van der Waals surface area contributed by atoms with E-state index >= 15 is 0 Å². The summed E-state index contributed by atoms with van der Waals surface area (Å²) in [6, 6.07) is 2.01. The predicted octanol–water partition coefficient (Wildman–Crippen LogP) is 5.55. The van der Waals surface area contributed by atoms with Crippen LogP contribution in [0, 0.1) is 11.8 Å². The molecule has 0 fully saturated rings. The monoisotopic (exact) mass is 683 g/mol. The minimum absolute atomic E-state index is 0.0326. The van der Waals surface area contributed by atoms with Crippen molar-refractivity contribution in [1.82, 2.24) is 4.90 Å². The highest BCUT2D eigenvalue weighted by molar-refractivity contribution is 6.17. The largest absolute Gasteiger partial charge is 0.510 e. The van der Waals surface area contributed by atoms with E-state index in [9.17, 15) is 39.9 Å². The third kappa shape index (κ3) is 7.45. The van der Waals surface area contributed by atoms with Crippen LogP contribution in [-0.4, -0.2) is 86.3 Å². The normalized spacial score (nSPS) is 26.6. The summed E-state index contributed by atoms with van der Waals surface area (Å²) >= 11 is 0. The Bertz CT molecular complexity index is 1450. The molecule has 4 rings (SSSR count). The van der Waals surface area contributed by atoms with Gasteiger partial charge in [0.25, 0.3) is 0 Å². The van der Waals surface area contributed by atoms with Gasteiger partial charge in [-0.2, -0.15) is 0 Å². The zero-order valence-corrected chi connectivity index (χ0v) is 29.6. The van der Waals surface area contributed by atoms with Crippen molar-refractivity contribution in [2.24, 2.45) is 17.6 Å². The lowest BCUT2D eigenvalue weighted by molar-refractivity contribution is -0.161. The van der Waals surface area contributed by atoms with E-state index in [1.807, 2.05) is 0 Å². The first-order chi connectivity index (χ1) is 23.3. The van der Waals surface area contributed by atoms with Crippen LogP contribution in [0.2, 0.25) is 0 Å². The molecule has 1 amide bonds. The summed E-state index contributed by atoms with van der Waals surface area (Å²) in [5.41, 5.74) is 2.54. The number of anilines is 1. The topological polar surface area (TPSA) is 194 Å². The van der Waals surface area contributed by atoms with Crippen LogP contribution in [0.4, 0.5) is 5.69 Å². The van der Waals surface area contributed by atoms with Crippen molar-refractivity contribution in [1.29, 1.82) is 0 Å². The number of carbonyl (C=O) groups is 3. The van der Waals surface area contributed by atoms with Gasteiger partial charge in [0.2, 0.25) is 11.7 Å². The fourth-order valence-electron chi connectivity index (χ4n) is 8.27. The van der Waals surface area contributed by atoms with E-state index in [1.54, 1.807) is 27.1 Å². The van der Waals surface area contributed by atoms with Crippen molar-refractivity contribution >= 4 is 23.2 Å². The van der Waals surface area contributed by atoms with Gasteiger partial charge in [-0.3, -0.25) is 19.3 Å². The molecule has 0 aromatic heterocycles. The lowest BCUT2D eigenvalue weighted by Crippen LogP contribution is -2.68. The number of aliphatic hydroxyl groups excluding tert-OH is 3. The molecule has 49 heavy (non-hydrogen) atoms. The number of rotatable bonds is 17. The predicted molar refractivity (Wildman–Crippen MR) is 189 cm³/mol. The standard InChI is InChI=1S/C38H57N3O8/c1-5-6-7-8-9-10-11-12-13-14-15-16-17-18-26(42)40-25-20-19-23-22(2)27-29(34(45)28(23)33(25)44)37(48)38(49)30(35(27)46)31(41(3)4)32(43)24(21-39)36(38)47/h19-20,22,27,30-31,35,43-44,46,48-49H,5-18,21,39H2,1-4H3,(H,40,42)/t22-,27?,30?,31-,35-,38+/m0/s1. The van der Waals surface area contributed by atoms with Crippen LogP contribution in [-0.2, 0) is 9.59 Å². The van der Waals surface area contributed by atoms with Gasteiger partial charge in [0, 0.05) is 24.5 Å². The fraction of sp³-hybridized carbons (Fsp3) is 0.658. The number of hydrogen-bond acceptors (Lipinski definition) is 10. The lowest BCUT2D eigenvalue weighted by atomic mass is 9.55. The second kappa shape index (κ2) is 16.6. The number of phenols is 1. The van der Waals surface area contributed by atoms with E-state index in [0.29, 0.717) is 12.0 Å². The molecule has 1 aromatic rings. The van der Waals surface area contributed by atoms with Crippen molar-refractivity contribution < 1.29 is 39.9 Å². The van der Waals surface area contributed by atoms with Crippen molar-refractivity contribution in [3.63, 3.8) is 0 Å². The van der Waals surface area contributed by atoms with Gasteiger partial charge < -0.3 is 36.6 Å². The Morgan fingerprint density at radius 1 is 0.918 bits per heavy atom. The highest BCUT2D eigenvalue weighted by atomic mass is 16.4.